The zero-order valence-electron chi connectivity index (χ0n) is 15.1. The van der Waals surface area contributed by atoms with E-state index in [0.29, 0.717) is 35.3 Å². The number of imide groups is 1. The number of carbonyl (C=O) groups is 3. The number of nitrogens with one attached hydrogen (secondary N) is 2. The summed E-state index contributed by atoms with van der Waals surface area (Å²) in [6, 6.07) is 6.02. The second-order valence-corrected chi connectivity index (χ2v) is 7.66. The van der Waals surface area contributed by atoms with Crippen molar-refractivity contribution in [3.63, 3.8) is 0 Å². The van der Waals surface area contributed by atoms with Gasteiger partial charge in [0.15, 0.2) is 0 Å². The number of piperidine rings is 1. The molecule has 3 heterocycles. The Bertz CT molecular complexity index is 749. The van der Waals surface area contributed by atoms with Crippen LogP contribution in [0.1, 0.15) is 76.5 Å². The minimum atomic E-state index is -0.284. The first kappa shape index (κ1) is 17.2. The molecule has 1 aromatic carbocycles. The van der Waals surface area contributed by atoms with E-state index >= 15 is 0 Å². The van der Waals surface area contributed by atoms with E-state index in [1.54, 1.807) is 18.2 Å². The second kappa shape index (κ2) is 6.83. The van der Waals surface area contributed by atoms with Crippen LogP contribution in [0.2, 0.25) is 0 Å². The van der Waals surface area contributed by atoms with Crippen LogP contribution in [0.15, 0.2) is 18.2 Å². The lowest BCUT2D eigenvalue weighted by Gasteiger charge is -2.29. The summed E-state index contributed by atoms with van der Waals surface area (Å²) in [6.45, 7) is 2.45. The number of hydrogen-bond acceptors (Lipinski definition) is 4. The topological polar surface area (TPSA) is 78.5 Å². The first-order valence-corrected chi connectivity index (χ1v) is 9.64. The number of unbranched alkanes of at least 4 members (excludes halogenated alkanes) is 1. The minimum absolute atomic E-state index is 0.161. The molecule has 3 amide bonds. The van der Waals surface area contributed by atoms with Gasteiger partial charge in [-0.1, -0.05) is 13.3 Å². The summed E-state index contributed by atoms with van der Waals surface area (Å²) in [7, 11) is 0. The van der Waals surface area contributed by atoms with Gasteiger partial charge in [-0.2, -0.15) is 0 Å². The second-order valence-electron chi connectivity index (χ2n) is 7.66. The van der Waals surface area contributed by atoms with Crippen molar-refractivity contribution in [2.45, 2.75) is 63.6 Å². The zero-order chi connectivity index (χ0) is 18.3. The number of amides is 3. The van der Waals surface area contributed by atoms with E-state index < -0.39 is 0 Å². The third kappa shape index (κ3) is 3.03. The maximum absolute atomic E-state index is 12.6. The van der Waals surface area contributed by atoms with E-state index in [4.69, 9.17) is 0 Å². The predicted molar refractivity (Wildman–Crippen MR) is 97.2 cm³/mol. The van der Waals surface area contributed by atoms with Gasteiger partial charge in [0.05, 0.1) is 11.1 Å². The molecule has 2 unspecified atom stereocenters. The fourth-order valence-corrected chi connectivity index (χ4v) is 4.40. The van der Waals surface area contributed by atoms with Crippen LogP contribution in [-0.2, 0) is 0 Å². The van der Waals surface area contributed by atoms with Gasteiger partial charge in [-0.05, 0) is 50.3 Å². The standard InChI is InChI=1S/C20H25N3O3/c1-2-3-8-23-19(25)16-7-4-12(9-17(16)20(23)26)18(24)22-15-10-13-5-6-14(11-15)21-13/h4,7,9,13-15,21H,2-3,5-6,8,10-11H2,1H3,(H,22,24). The first-order chi connectivity index (χ1) is 12.6. The molecular formula is C20H25N3O3. The van der Waals surface area contributed by atoms with Gasteiger partial charge >= 0.3 is 0 Å². The van der Waals surface area contributed by atoms with E-state index in [9.17, 15) is 14.4 Å². The lowest BCUT2D eigenvalue weighted by Crippen LogP contribution is -2.48. The van der Waals surface area contributed by atoms with Crippen LogP contribution >= 0.6 is 0 Å². The highest BCUT2D eigenvalue weighted by atomic mass is 16.2. The molecule has 0 spiro atoms. The fraction of sp³-hybridized carbons (Fsp3) is 0.550. The molecule has 3 aliphatic rings. The zero-order valence-corrected chi connectivity index (χ0v) is 15.1. The molecule has 0 aliphatic carbocycles. The van der Waals surface area contributed by atoms with Crippen LogP contribution < -0.4 is 10.6 Å². The molecule has 2 fully saturated rings. The molecule has 2 bridgehead atoms. The van der Waals surface area contributed by atoms with Crippen LogP contribution in [0, 0.1) is 0 Å². The monoisotopic (exact) mass is 355 g/mol. The lowest BCUT2D eigenvalue weighted by atomic mass is 9.99. The summed E-state index contributed by atoms with van der Waals surface area (Å²) in [6.07, 6.45) is 5.97. The van der Waals surface area contributed by atoms with E-state index in [-0.39, 0.29) is 23.8 Å². The maximum atomic E-state index is 12.6. The fourth-order valence-electron chi connectivity index (χ4n) is 4.40. The van der Waals surface area contributed by atoms with Gasteiger partial charge in [0.1, 0.15) is 0 Å². The van der Waals surface area contributed by atoms with Crippen molar-refractivity contribution in [2.24, 2.45) is 0 Å². The van der Waals surface area contributed by atoms with Gasteiger partial charge in [0.25, 0.3) is 17.7 Å². The molecule has 0 radical (unpaired) electrons. The van der Waals surface area contributed by atoms with E-state index in [1.807, 2.05) is 6.92 Å². The van der Waals surface area contributed by atoms with Crippen LogP contribution in [0.3, 0.4) is 0 Å². The summed E-state index contributed by atoms with van der Waals surface area (Å²) < 4.78 is 0. The molecule has 3 aliphatic heterocycles. The van der Waals surface area contributed by atoms with Crippen LogP contribution in [0.25, 0.3) is 0 Å². The van der Waals surface area contributed by atoms with Crippen molar-refractivity contribution in [3.05, 3.63) is 34.9 Å². The van der Waals surface area contributed by atoms with Crippen LogP contribution in [0.5, 0.6) is 0 Å². The Kier molecular flexibility index (Phi) is 4.53. The van der Waals surface area contributed by atoms with E-state index in [0.717, 1.165) is 25.7 Å². The Morgan fingerprint density at radius 3 is 2.54 bits per heavy atom. The molecule has 138 valence electrons. The van der Waals surface area contributed by atoms with Gasteiger partial charge < -0.3 is 10.6 Å². The smallest absolute Gasteiger partial charge is 0.261 e. The SMILES string of the molecule is CCCCN1C(=O)c2ccc(C(=O)NC3CC4CCC(C3)N4)cc2C1=O. The van der Waals surface area contributed by atoms with Gasteiger partial charge in [0, 0.05) is 30.2 Å². The molecule has 1 aromatic rings. The van der Waals surface area contributed by atoms with Gasteiger partial charge in [-0.3, -0.25) is 19.3 Å². The molecule has 4 rings (SSSR count). The molecule has 6 nitrogen and oxygen atoms in total. The first-order valence-electron chi connectivity index (χ1n) is 9.64. The Balaban J connectivity index is 1.48. The molecule has 0 saturated carbocycles. The van der Waals surface area contributed by atoms with Gasteiger partial charge in [-0.25, -0.2) is 0 Å². The van der Waals surface area contributed by atoms with Crippen molar-refractivity contribution < 1.29 is 14.4 Å². The molecular weight excluding hydrogens is 330 g/mol. The van der Waals surface area contributed by atoms with Crippen molar-refractivity contribution in [1.29, 1.82) is 0 Å². The number of fused-ring (bicyclic) bond motifs is 3. The van der Waals surface area contributed by atoms with Crippen LogP contribution in [-0.4, -0.2) is 47.3 Å². The summed E-state index contributed by atoms with van der Waals surface area (Å²) >= 11 is 0. The highest BCUT2D eigenvalue weighted by Crippen LogP contribution is 2.28. The van der Waals surface area contributed by atoms with E-state index in [1.165, 1.54) is 17.7 Å². The number of benzene rings is 1. The molecule has 0 aromatic heterocycles. The highest BCUT2D eigenvalue weighted by Gasteiger charge is 2.36. The Morgan fingerprint density at radius 1 is 1.15 bits per heavy atom. The Morgan fingerprint density at radius 2 is 1.85 bits per heavy atom. The number of rotatable bonds is 5. The Labute approximate surface area is 153 Å². The molecule has 2 saturated heterocycles. The van der Waals surface area contributed by atoms with Crippen LogP contribution in [0.4, 0.5) is 0 Å². The lowest BCUT2D eigenvalue weighted by molar-refractivity contribution is 0.0652. The maximum Gasteiger partial charge on any atom is 0.261 e. The third-order valence-electron chi connectivity index (χ3n) is 5.78. The largest absolute Gasteiger partial charge is 0.349 e. The average molecular weight is 355 g/mol. The highest BCUT2D eigenvalue weighted by molar-refractivity contribution is 6.22. The predicted octanol–water partition coefficient (Wildman–Crippen LogP) is 2.10. The summed E-state index contributed by atoms with van der Waals surface area (Å²) in [5.41, 5.74) is 1.21. The molecule has 26 heavy (non-hydrogen) atoms. The quantitative estimate of drug-likeness (QED) is 0.793. The summed E-state index contributed by atoms with van der Waals surface area (Å²) in [5, 5.41) is 6.67. The Hall–Kier alpha value is -2.21. The summed E-state index contributed by atoms with van der Waals surface area (Å²) in [5.74, 6) is -0.695. The average Bonchev–Trinajstić information content (AvgIpc) is 3.10. The minimum Gasteiger partial charge on any atom is -0.349 e. The molecule has 6 heteroatoms. The number of carbonyl (C=O) groups excluding carboxylic acids is 3. The van der Waals surface area contributed by atoms with Crippen molar-refractivity contribution >= 4 is 17.7 Å². The third-order valence-corrected chi connectivity index (χ3v) is 5.78. The molecule has 2 atom stereocenters. The van der Waals surface area contributed by atoms with Gasteiger partial charge in [0.2, 0.25) is 0 Å². The van der Waals surface area contributed by atoms with Gasteiger partial charge in [-0.15, -0.1) is 0 Å². The normalized spacial score (nSPS) is 27.0. The van der Waals surface area contributed by atoms with Crippen molar-refractivity contribution in [2.75, 3.05) is 6.54 Å². The number of hydrogen-bond donors (Lipinski definition) is 2. The van der Waals surface area contributed by atoms with Crippen molar-refractivity contribution in [1.82, 2.24) is 15.5 Å². The molecule has 2 N–H and O–H groups in total. The van der Waals surface area contributed by atoms with E-state index in [2.05, 4.69) is 10.6 Å². The summed E-state index contributed by atoms with van der Waals surface area (Å²) in [4.78, 5) is 38.9. The number of nitrogens with zero attached hydrogens (tertiary/aromatic N) is 1. The van der Waals surface area contributed by atoms with Crippen molar-refractivity contribution in [3.8, 4) is 0 Å².